The number of rotatable bonds is 5. The maximum absolute atomic E-state index is 12.6. The Balaban J connectivity index is 1.29. The van der Waals surface area contributed by atoms with Crippen LogP contribution in [0.1, 0.15) is 23.2 Å². The van der Waals surface area contributed by atoms with Gasteiger partial charge in [0.25, 0.3) is 5.91 Å². The van der Waals surface area contributed by atoms with Gasteiger partial charge in [-0.2, -0.15) is 5.10 Å². The summed E-state index contributed by atoms with van der Waals surface area (Å²) in [6.45, 7) is 1.95. The molecule has 1 amide bonds. The van der Waals surface area contributed by atoms with E-state index in [1.54, 1.807) is 29.2 Å². The molecule has 0 unspecified atom stereocenters. The molecule has 9 nitrogen and oxygen atoms in total. The van der Waals surface area contributed by atoms with Crippen molar-refractivity contribution in [2.45, 2.75) is 18.9 Å². The predicted octanol–water partition coefficient (Wildman–Crippen LogP) is 3.24. The molecule has 33 heavy (non-hydrogen) atoms. The number of H-pyrrole nitrogens is 1. The molecule has 0 atom stereocenters. The largest absolute Gasteiger partial charge is 0.506 e. The van der Waals surface area contributed by atoms with E-state index in [2.05, 4.69) is 37.6 Å². The molecule has 1 saturated heterocycles. The van der Waals surface area contributed by atoms with E-state index in [0.29, 0.717) is 17.1 Å². The molecule has 0 radical (unpaired) electrons. The van der Waals surface area contributed by atoms with Crippen molar-refractivity contribution in [2.24, 2.45) is 7.05 Å². The first-order valence-corrected chi connectivity index (χ1v) is 11.0. The van der Waals surface area contributed by atoms with Crippen molar-refractivity contribution in [1.82, 2.24) is 30.0 Å². The number of phenols is 1. The van der Waals surface area contributed by atoms with Gasteiger partial charge in [0, 0.05) is 53.8 Å². The Morgan fingerprint density at radius 3 is 2.70 bits per heavy atom. The van der Waals surface area contributed by atoms with Gasteiger partial charge in [-0.25, -0.2) is 4.98 Å². The molecule has 1 aliphatic heterocycles. The maximum atomic E-state index is 12.6. The monoisotopic (exact) mass is 445 g/mol. The Labute approximate surface area is 191 Å². The number of aromatic hydroxyl groups is 1. The highest BCUT2D eigenvalue weighted by Crippen LogP contribution is 2.29. The molecule has 9 heteroatoms. The molecular weight excluding hydrogens is 418 g/mol. The zero-order valence-corrected chi connectivity index (χ0v) is 18.7. The number of nitrogens with one attached hydrogen (secondary N) is 3. The Bertz CT molecular complexity index is 1300. The molecule has 1 aliphatic rings. The summed E-state index contributed by atoms with van der Waals surface area (Å²) in [5.41, 5.74) is 3.79. The number of piperidine rings is 1. The summed E-state index contributed by atoms with van der Waals surface area (Å²) in [7, 11) is 3.97. The van der Waals surface area contributed by atoms with Crippen LogP contribution in [0, 0.1) is 0 Å². The number of pyridine rings is 1. The summed E-state index contributed by atoms with van der Waals surface area (Å²) in [6.07, 6.45) is 7.39. The summed E-state index contributed by atoms with van der Waals surface area (Å²) in [4.78, 5) is 22.7. The Kier molecular flexibility index (Phi) is 5.47. The Hall–Kier alpha value is -3.85. The SMILES string of the molecule is CN1CCC(NC(=O)c2ccc(Nc3cc4[nH]c(-c5cnn(C)c5)cc4cn3)c(O)c2)CC1. The van der Waals surface area contributed by atoms with Crippen molar-refractivity contribution in [3.63, 3.8) is 0 Å². The molecule has 1 fully saturated rings. The van der Waals surface area contributed by atoms with Crippen LogP contribution in [0.3, 0.4) is 0 Å². The first kappa shape index (κ1) is 21.0. The minimum atomic E-state index is -0.166. The minimum absolute atomic E-state index is 0.00420. The van der Waals surface area contributed by atoms with E-state index in [-0.39, 0.29) is 17.7 Å². The second-order valence-corrected chi connectivity index (χ2v) is 8.65. The van der Waals surface area contributed by atoms with Crippen LogP contribution >= 0.6 is 0 Å². The van der Waals surface area contributed by atoms with Gasteiger partial charge in [-0.1, -0.05) is 0 Å². The summed E-state index contributed by atoms with van der Waals surface area (Å²) >= 11 is 0. The van der Waals surface area contributed by atoms with Gasteiger partial charge >= 0.3 is 0 Å². The number of aromatic amines is 1. The lowest BCUT2D eigenvalue weighted by Gasteiger charge is -2.29. The third kappa shape index (κ3) is 4.54. The molecule has 4 aromatic rings. The van der Waals surface area contributed by atoms with Crippen LogP contribution in [-0.2, 0) is 7.05 Å². The van der Waals surface area contributed by atoms with Crippen LogP contribution in [-0.4, -0.2) is 61.8 Å². The number of fused-ring (bicyclic) bond motifs is 1. The highest BCUT2D eigenvalue weighted by molar-refractivity contribution is 5.95. The third-order valence-electron chi connectivity index (χ3n) is 6.10. The lowest BCUT2D eigenvalue weighted by molar-refractivity contribution is 0.0916. The highest BCUT2D eigenvalue weighted by Gasteiger charge is 2.19. The number of aromatic nitrogens is 4. The number of benzene rings is 1. The van der Waals surface area contributed by atoms with Gasteiger partial charge in [-0.15, -0.1) is 0 Å². The number of aryl methyl sites for hydroxylation is 1. The van der Waals surface area contributed by atoms with E-state index in [4.69, 9.17) is 0 Å². The highest BCUT2D eigenvalue weighted by atomic mass is 16.3. The molecule has 1 aromatic carbocycles. The number of hydrogen-bond donors (Lipinski definition) is 4. The quantitative estimate of drug-likeness (QED) is 0.351. The lowest BCUT2D eigenvalue weighted by Crippen LogP contribution is -2.43. The number of phenolic OH excluding ortho intramolecular Hbond substituents is 1. The first-order chi connectivity index (χ1) is 15.9. The van der Waals surface area contributed by atoms with Gasteiger partial charge in [0.1, 0.15) is 11.6 Å². The molecule has 4 N–H and O–H groups in total. The maximum Gasteiger partial charge on any atom is 0.251 e. The second kappa shape index (κ2) is 8.59. The molecule has 0 spiro atoms. The van der Waals surface area contributed by atoms with Crippen molar-refractivity contribution in [2.75, 3.05) is 25.5 Å². The molecular formula is C24H27N7O2. The smallest absolute Gasteiger partial charge is 0.251 e. The molecule has 170 valence electrons. The first-order valence-electron chi connectivity index (χ1n) is 11.0. The fourth-order valence-electron chi connectivity index (χ4n) is 4.15. The van der Waals surface area contributed by atoms with Crippen LogP contribution in [0.25, 0.3) is 22.2 Å². The van der Waals surface area contributed by atoms with E-state index in [0.717, 1.165) is 48.1 Å². The average molecular weight is 446 g/mol. The van der Waals surface area contributed by atoms with Crippen molar-refractivity contribution in [3.05, 3.63) is 54.5 Å². The Morgan fingerprint density at radius 1 is 1.15 bits per heavy atom. The normalized spacial score (nSPS) is 15.1. The predicted molar refractivity (Wildman–Crippen MR) is 128 cm³/mol. The van der Waals surface area contributed by atoms with Crippen LogP contribution < -0.4 is 10.6 Å². The van der Waals surface area contributed by atoms with E-state index in [1.165, 1.54) is 6.07 Å². The van der Waals surface area contributed by atoms with Gasteiger partial charge in [0.05, 0.1) is 17.4 Å². The van der Waals surface area contributed by atoms with Crippen molar-refractivity contribution in [3.8, 4) is 17.0 Å². The molecule has 4 heterocycles. The van der Waals surface area contributed by atoms with E-state index < -0.39 is 0 Å². The lowest BCUT2D eigenvalue weighted by atomic mass is 10.0. The minimum Gasteiger partial charge on any atom is -0.506 e. The summed E-state index contributed by atoms with van der Waals surface area (Å²) in [6, 6.07) is 8.97. The van der Waals surface area contributed by atoms with Crippen molar-refractivity contribution < 1.29 is 9.90 Å². The van der Waals surface area contributed by atoms with E-state index in [9.17, 15) is 9.90 Å². The molecule has 0 aliphatic carbocycles. The fourth-order valence-corrected chi connectivity index (χ4v) is 4.15. The van der Waals surface area contributed by atoms with Gasteiger partial charge < -0.3 is 25.6 Å². The number of carbonyl (C=O) groups is 1. The summed E-state index contributed by atoms with van der Waals surface area (Å²) < 4.78 is 1.76. The zero-order valence-electron chi connectivity index (χ0n) is 18.7. The van der Waals surface area contributed by atoms with Crippen molar-refractivity contribution in [1.29, 1.82) is 0 Å². The molecule has 5 rings (SSSR count). The van der Waals surface area contributed by atoms with Gasteiger partial charge in [-0.3, -0.25) is 9.48 Å². The van der Waals surface area contributed by atoms with Crippen LogP contribution in [0.15, 0.2) is 48.9 Å². The molecule has 0 saturated carbocycles. The summed E-state index contributed by atoms with van der Waals surface area (Å²) in [5.74, 6) is 0.414. The second-order valence-electron chi connectivity index (χ2n) is 8.65. The summed E-state index contributed by atoms with van der Waals surface area (Å²) in [5, 5.41) is 21.9. The number of hydrogen-bond acceptors (Lipinski definition) is 6. The zero-order chi connectivity index (χ0) is 22.9. The van der Waals surface area contributed by atoms with Gasteiger partial charge in [-0.05, 0) is 57.2 Å². The van der Waals surface area contributed by atoms with Gasteiger partial charge in [0.2, 0.25) is 0 Å². The molecule has 3 aromatic heterocycles. The fraction of sp³-hybridized carbons (Fsp3) is 0.292. The number of amides is 1. The molecule has 0 bridgehead atoms. The van der Waals surface area contributed by atoms with Crippen LogP contribution in [0.4, 0.5) is 11.5 Å². The Morgan fingerprint density at radius 2 is 1.97 bits per heavy atom. The number of nitrogens with zero attached hydrogens (tertiary/aromatic N) is 4. The number of carbonyl (C=O) groups excluding carboxylic acids is 1. The van der Waals surface area contributed by atoms with Crippen LogP contribution in [0.2, 0.25) is 0 Å². The number of likely N-dealkylation sites (tertiary alicyclic amines) is 1. The van der Waals surface area contributed by atoms with Crippen LogP contribution in [0.5, 0.6) is 5.75 Å². The number of anilines is 2. The van der Waals surface area contributed by atoms with Crippen molar-refractivity contribution >= 4 is 28.3 Å². The van der Waals surface area contributed by atoms with Gasteiger partial charge in [0.15, 0.2) is 0 Å². The van der Waals surface area contributed by atoms with E-state index >= 15 is 0 Å². The third-order valence-corrected chi connectivity index (χ3v) is 6.10. The average Bonchev–Trinajstić information content (AvgIpc) is 3.42. The standard InChI is InChI=1S/C24H27N7O2/c1-30-7-5-18(6-8-30)27-24(33)15-3-4-19(22(32)10-15)29-23-11-21-16(12-25-23)9-20(28-21)17-13-26-31(2)14-17/h3-4,9-14,18,28,32H,5-8H2,1-2H3,(H,25,29)(H,27,33). The topological polar surface area (TPSA) is 111 Å². The van der Waals surface area contributed by atoms with E-state index in [1.807, 2.05) is 25.4 Å².